The number of ether oxygens (including phenoxy) is 1. The molecule has 0 spiro atoms. The maximum atomic E-state index is 13.3. The molecule has 1 heterocycles. The van der Waals surface area contributed by atoms with Gasteiger partial charge in [-0.25, -0.2) is 4.39 Å². The molecule has 0 radical (unpaired) electrons. The highest BCUT2D eigenvalue weighted by Gasteiger charge is 2.27. The molecule has 1 fully saturated rings. The molecule has 21 heavy (non-hydrogen) atoms. The number of halogens is 1. The standard InChI is InChI=1S/C14H17FN2O4/c1-21-14(18)10-3-2-6-16(8-10)9-11-7-12(15)4-5-13(11)17(19)20/h4-5,7,10H,2-3,6,8-9H2,1H3/t10-/m0/s1. The molecule has 0 aliphatic carbocycles. The van der Waals surface area contributed by atoms with Crippen molar-refractivity contribution in [3.05, 3.63) is 39.7 Å². The summed E-state index contributed by atoms with van der Waals surface area (Å²) < 4.78 is 18.0. The normalized spacial score (nSPS) is 19.2. The summed E-state index contributed by atoms with van der Waals surface area (Å²) in [4.78, 5) is 24.0. The summed E-state index contributed by atoms with van der Waals surface area (Å²) in [5, 5.41) is 11.0. The first kappa shape index (κ1) is 15.4. The molecule has 0 amide bonds. The van der Waals surface area contributed by atoms with E-state index in [4.69, 9.17) is 4.74 Å². The Labute approximate surface area is 121 Å². The molecule has 2 rings (SSSR count). The van der Waals surface area contributed by atoms with Crippen LogP contribution < -0.4 is 0 Å². The molecule has 0 bridgehead atoms. The van der Waals surface area contributed by atoms with Crippen LogP contribution in [0.15, 0.2) is 18.2 Å². The molecule has 0 saturated carbocycles. The van der Waals surface area contributed by atoms with Gasteiger partial charge in [-0.1, -0.05) is 0 Å². The van der Waals surface area contributed by atoms with E-state index in [1.807, 2.05) is 4.90 Å². The van der Waals surface area contributed by atoms with Crippen molar-refractivity contribution >= 4 is 11.7 Å². The summed E-state index contributed by atoms with van der Waals surface area (Å²) in [6, 6.07) is 3.43. The first-order valence-corrected chi connectivity index (χ1v) is 6.74. The summed E-state index contributed by atoms with van der Waals surface area (Å²) in [7, 11) is 1.35. The van der Waals surface area contributed by atoms with Crippen LogP contribution in [0.5, 0.6) is 0 Å². The smallest absolute Gasteiger partial charge is 0.309 e. The maximum Gasteiger partial charge on any atom is 0.309 e. The van der Waals surface area contributed by atoms with Crippen LogP contribution in [0, 0.1) is 21.8 Å². The zero-order chi connectivity index (χ0) is 15.4. The zero-order valence-corrected chi connectivity index (χ0v) is 11.8. The molecular formula is C14H17FN2O4. The highest BCUT2D eigenvalue weighted by Crippen LogP contribution is 2.24. The van der Waals surface area contributed by atoms with E-state index < -0.39 is 10.7 Å². The molecule has 1 aromatic rings. The van der Waals surface area contributed by atoms with Gasteiger partial charge in [-0.15, -0.1) is 0 Å². The zero-order valence-electron chi connectivity index (χ0n) is 11.8. The van der Waals surface area contributed by atoms with Crippen molar-refractivity contribution in [1.82, 2.24) is 4.90 Å². The third-order valence-electron chi connectivity index (χ3n) is 3.67. The molecule has 1 saturated heterocycles. The van der Waals surface area contributed by atoms with E-state index >= 15 is 0 Å². The fourth-order valence-electron chi connectivity index (χ4n) is 2.66. The molecule has 7 heteroatoms. The second kappa shape index (κ2) is 6.62. The number of carbonyl (C=O) groups is 1. The van der Waals surface area contributed by atoms with Crippen LogP contribution in [0.3, 0.4) is 0 Å². The number of piperidine rings is 1. The van der Waals surface area contributed by atoms with Gasteiger partial charge in [0, 0.05) is 24.7 Å². The highest BCUT2D eigenvalue weighted by molar-refractivity contribution is 5.72. The number of esters is 1. The Morgan fingerprint density at radius 3 is 3.00 bits per heavy atom. The number of hydrogen-bond acceptors (Lipinski definition) is 5. The Bertz CT molecular complexity index is 550. The van der Waals surface area contributed by atoms with Crippen LogP contribution in [-0.4, -0.2) is 36.0 Å². The fourth-order valence-corrected chi connectivity index (χ4v) is 2.66. The predicted octanol–water partition coefficient (Wildman–Crippen LogP) is 2.12. The predicted molar refractivity (Wildman–Crippen MR) is 73.1 cm³/mol. The van der Waals surface area contributed by atoms with Crippen molar-refractivity contribution in [2.24, 2.45) is 5.92 Å². The van der Waals surface area contributed by atoms with Crippen molar-refractivity contribution in [3.8, 4) is 0 Å². The minimum Gasteiger partial charge on any atom is -0.469 e. The van der Waals surface area contributed by atoms with Crippen LogP contribution in [-0.2, 0) is 16.1 Å². The van der Waals surface area contributed by atoms with Gasteiger partial charge in [0.25, 0.3) is 5.69 Å². The second-order valence-electron chi connectivity index (χ2n) is 5.13. The Hall–Kier alpha value is -2.02. The Morgan fingerprint density at radius 1 is 1.57 bits per heavy atom. The number of nitro groups is 1. The van der Waals surface area contributed by atoms with E-state index in [0.29, 0.717) is 12.1 Å². The molecule has 0 N–H and O–H groups in total. The van der Waals surface area contributed by atoms with Crippen LogP contribution in [0.25, 0.3) is 0 Å². The lowest BCUT2D eigenvalue weighted by Gasteiger charge is -2.31. The van der Waals surface area contributed by atoms with E-state index in [1.54, 1.807) is 0 Å². The molecule has 0 aromatic heterocycles. The van der Waals surface area contributed by atoms with Crippen molar-refractivity contribution in [2.75, 3.05) is 20.2 Å². The van der Waals surface area contributed by atoms with Gasteiger partial charge in [0.15, 0.2) is 0 Å². The lowest BCUT2D eigenvalue weighted by Crippen LogP contribution is -2.38. The quantitative estimate of drug-likeness (QED) is 0.483. The first-order chi connectivity index (χ1) is 10.0. The summed E-state index contributed by atoms with van der Waals surface area (Å²) in [5.74, 6) is -0.998. The number of nitrogens with zero attached hydrogens (tertiary/aromatic N) is 2. The first-order valence-electron chi connectivity index (χ1n) is 6.74. The van der Waals surface area contributed by atoms with Gasteiger partial charge in [0.1, 0.15) is 5.82 Å². The van der Waals surface area contributed by atoms with Gasteiger partial charge in [-0.05, 0) is 31.5 Å². The van der Waals surface area contributed by atoms with E-state index in [9.17, 15) is 19.3 Å². The van der Waals surface area contributed by atoms with Gasteiger partial charge in [-0.2, -0.15) is 0 Å². The number of methoxy groups -OCH3 is 1. The van der Waals surface area contributed by atoms with Crippen LogP contribution >= 0.6 is 0 Å². The summed E-state index contributed by atoms with van der Waals surface area (Å²) >= 11 is 0. The molecule has 1 aliphatic heterocycles. The Morgan fingerprint density at radius 2 is 2.33 bits per heavy atom. The number of carbonyl (C=O) groups excluding carboxylic acids is 1. The van der Waals surface area contributed by atoms with Crippen molar-refractivity contribution < 1.29 is 18.8 Å². The molecule has 1 atom stereocenters. The third kappa shape index (κ3) is 3.75. The average molecular weight is 296 g/mol. The Balaban J connectivity index is 2.12. The third-order valence-corrected chi connectivity index (χ3v) is 3.67. The van der Waals surface area contributed by atoms with Gasteiger partial charge in [0.05, 0.1) is 18.0 Å². The van der Waals surface area contributed by atoms with Crippen molar-refractivity contribution in [2.45, 2.75) is 19.4 Å². The summed E-state index contributed by atoms with van der Waals surface area (Å²) in [6.45, 7) is 1.45. The monoisotopic (exact) mass is 296 g/mol. The topological polar surface area (TPSA) is 72.7 Å². The molecule has 6 nitrogen and oxygen atoms in total. The van der Waals surface area contributed by atoms with E-state index in [-0.39, 0.29) is 24.1 Å². The van der Waals surface area contributed by atoms with E-state index in [0.717, 1.165) is 25.5 Å². The van der Waals surface area contributed by atoms with Crippen molar-refractivity contribution in [1.29, 1.82) is 0 Å². The molecule has 1 aromatic carbocycles. The van der Waals surface area contributed by atoms with Gasteiger partial charge >= 0.3 is 5.97 Å². The summed E-state index contributed by atoms with van der Waals surface area (Å²) in [5.41, 5.74) is 0.224. The molecular weight excluding hydrogens is 279 g/mol. The van der Waals surface area contributed by atoms with E-state index in [2.05, 4.69) is 0 Å². The highest BCUT2D eigenvalue weighted by atomic mass is 19.1. The van der Waals surface area contributed by atoms with Gasteiger partial charge in [-0.3, -0.25) is 19.8 Å². The lowest BCUT2D eigenvalue weighted by atomic mass is 9.97. The molecule has 114 valence electrons. The average Bonchev–Trinajstić information content (AvgIpc) is 2.46. The largest absolute Gasteiger partial charge is 0.469 e. The fraction of sp³-hybridized carbons (Fsp3) is 0.500. The van der Waals surface area contributed by atoms with Crippen molar-refractivity contribution in [3.63, 3.8) is 0 Å². The van der Waals surface area contributed by atoms with E-state index in [1.165, 1.54) is 19.2 Å². The summed E-state index contributed by atoms with van der Waals surface area (Å²) in [6.07, 6.45) is 1.55. The van der Waals surface area contributed by atoms with Gasteiger partial charge < -0.3 is 4.74 Å². The minimum absolute atomic E-state index is 0.100. The molecule has 0 unspecified atom stereocenters. The number of nitro benzene ring substituents is 1. The Kier molecular flexibility index (Phi) is 4.85. The lowest BCUT2D eigenvalue weighted by molar-refractivity contribution is -0.385. The number of hydrogen-bond donors (Lipinski definition) is 0. The number of rotatable bonds is 4. The van der Waals surface area contributed by atoms with Crippen LogP contribution in [0.1, 0.15) is 18.4 Å². The van der Waals surface area contributed by atoms with Crippen LogP contribution in [0.4, 0.5) is 10.1 Å². The minimum atomic E-state index is -0.517. The second-order valence-corrected chi connectivity index (χ2v) is 5.13. The van der Waals surface area contributed by atoms with Crippen LogP contribution in [0.2, 0.25) is 0 Å². The maximum absolute atomic E-state index is 13.3. The SMILES string of the molecule is COC(=O)[C@H]1CCCN(Cc2cc(F)ccc2[N+](=O)[O-])C1. The number of likely N-dealkylation sites (tertiary alicyclic amines) is 1. The number of benzene rings is 1. The van der Waals surface area contributed by atoms with Gasteiger partial charge in [0.2, 0.25) is 0 Å². The molecule has 1 aliphatic rings.